The molecule has 2 aliphatic rings. The Morgan fingerprint density at radius 2 is 1.46 bits per heavy atom. The normalized spacial score (nSPS) is 16.4. The van der Waals surface area contributed by atoms with E-state index in [0.29, 0.717) is 35.7 Å². The summed E-state index contributed by atoms with van der Waals surface area (Å²) in [6.45, 7) is 3.98. The zero-order valence-corrected chi connectivity index (χ0v) is 22.6. The summed E-state index contributed by atoms with van der Waals surface area (Å²) in [6.07, 6.45) is 1.66. The van der Waals surface area contributed by atoms with E-state index in [1.165, 1.54) is 16.5 Å². The van der Waals surface area contributed by atoms with E-state index in [4.69, 9.17) is 4.74 Å². The second-order valence-electron chi connectivity index (χ2n) is 10.2. The topological polar surface area (TPSA) is 53.1 Å². The second-order valence-corrected chi connectivity index (χ2v) is 10.2. The summed E-state index contributed by atoms with van der Waals surface area (Å²) in [7, 11) is 0. The Hall–Kier alpha value is -4.75. The van der Waals surface area contributed by atoms with Gasteiger partial charge < -0.3 is 9.64 Å². The van der Waals surface area contributed by atoms with Crippen molar-refractivity contribution in [1.29, 1.82) is 0 Å². The van der Waals surface area contributed by atoms with E-state index in [1.54, 1.807) is 48.5 Å². The Morgan fingerprint density at radius 3 is 2.22 bits per heavy atom. The smallest absolute Gasteiger partial charge is 0.294 e. The van der Waals surface area contributed by atoms with E-state index >= 15 is 0 Å². The average molecular weight is 548 g/mol. The summed E-state index contributed by atoms with van der Waals surface area (Å²) in [4.78, 5) is 32.4. The fraction of sp³-hybridized carbons (Fsp3) is 0.176. The number of halogens is 1. The van der Waals surface area contributed by atoms with E-state index in [1.807, 2.05) is 47.4 Å². The van der Waals surface area contributed by atoms with Gasteiger partial charge in [-0.3, -0.25) is 19.4 Å². The van der Waals surface area contributed by atoms with Crippen molar-refractivity contribution >= 4 is 23.6 Å². The van der Waals surface area contributed by atoms with Crippen molar-refractivity contribution in [3.63, 3.8) is 0 Å². The fourth-order valence-corrected chi connectivity index (χ4v) is 5.22. The lowest BCUT2D eigenvalue weighted by molar-refractivity contribution is -0.117. The van der Waals surface area contributed by atoms with Gasteiger partial charge in [-0.2, -0.15) is 0 Å². The first-order chi connectivity index (χ1) is 20.0. The van der Waals surface area contributed by atoms with Gasteiger partial charge in [0.25, 0.3) is 11.8 Å². The number of piperazine rings is 1. The molecule has 2 amide bonds. The lowest BCUT2D eigenvalue weighted by atomic mass is 10.1. The van der Waals surface area contributed by atoms with Crippen LogP contribution in [0.1, 0.15) is 27.0 Å². The number of nitrogens with zero attached hydrogens (tertiary/aromatic N) is 3. The predicted octanol–water partition coefficient (Wildman–Crippen LogP) is 5.75. The number of carbonyl (C=O) groups excluding carboxylic acids is 2. The molecule has 7 heteroatoms. The highest BCUT2D eigenvalue weighted by Gasteiger charge is 2.31. The average Bonchev–Trinajstić information content (AvgIpc) is 3.01. The van der Waals surface area contributed by atoms with Gasteiger partial charge in [0, 0.05) is 43.9 Å². The van der Waals surface area contributed by atoms with Crippen LogP contribution in [0.2, 0.25) is 0 Å². The van der Waals surface area contributed by atoms with Crippen LogP contribution >= 0.6 is 0 Å². The van der Waals surface area contributed by atoms with Gasteiger partial charge in [0.2, 0.25) is 0 Å². The van der Waals surface area contributed by atoms with Gasteiger partial charge in [0.05, 0.1) is 12.2 Å². The molecule has 6 rings (SSSR count). The van der Waals surface area contributed by atoms with Crippen LogP contribution < -0.4 is 9.64 Å². The maximum Gasteiger partial charge on any atom is 0.294 e. The first kappa shape index (κ1) is 26.5. The minimum Gasteiger partial charge on any atom is -0.449 e. The Kier molecular flexibility index (Phi) is 7.60. The maximum absolute atomic E-state index is 14.4. The third kappa shape index (κ3) is 5.90. The van der Waals surface area contributed by atoms with Gasteiger partial charge in [0.1, 0.15) is 5.82 Å². The van der Waals surface area contributed by atoms with Crippen molar-refractivity contribution in [3.8, 4) is 5.75 Å². The van der Waals surface area contributed by atoms with Crippen LogP contribution in [0.15, 0.2) is 109 Å². The zero-order valence-electron chi connectivity index (χ0n) is 22.6. The molecule has 0 N–H and O–H groups in total. The van der Waals surface area contributed by atoms with Gasteiger partial charge in [-0.1, -0.05) is 72.8 Å². The third-order valence-corrected chi connectivity index (χ3v) is 7.48. The van der Waals surface area contributed by atoms with Crippen LogP contribution in [-0.2, 0) is 17.9 Å². The van der Waals surface area contributed by atoms with Crippen molar-refractivity contribution < 1.29 is 18.7 Å². The van der Waals surface area contributed by atoms with Crippen molar-refractivity contribution in [3.05, 3.63) is 137 Å². The number of hydrogen-bond donors (Lipinski definition) is 0. The van der Waals surface area contributed by atoms with E-state index in [2.05, 4.69) is 17.0 Å². The number of rotatable bonds is 6. The molecule has 0 radical (unpaired) electrons. The van der Waals surface area contributed by atoms with Crippen molar-refractivity contribution in [2.24, 2.45) is 0 Å². The number of carbonyl (C=O) groups is 2. The number of para-hydroxylation sites is 2. The highest BCUT2D eigenvalue weighted by Crippen LogP contribution is 2.36. The molecule has 2 heterocycles. The van der Waals surface area contributed by atoms with Crippen LogP contribution in [0.3, 0.4) is 0 Å². The predicted molar refractivity (Wildman–Crippen MR) is 157 cm³/mol. The zero-order chi connectivity index (χ0) is 28.2. The Morgan fingerprint density at radius 1 is 0.780 bits per heavy atom. The molecule has 6 nitrogen and oxygen atoms in total. The largest absolute Gasteiger partial charge is 0.449 e. The lowest BCUT2D eigenvalue weighted by Gasteiger charge is -2.34. The monoisotopic (exact) mass is 547 g/mol. The minimum absolute atomic E-state index is 0.00135. The lowest BCUT2D eigenvalue weighted by Crippen LogP contribution is -2.48. The van der Waals surface area contributed by atoms with Crippen molar-refractivity contribution in [1.82, 2.24) is 9.80 Å². The summed E-state index contributed by atoms with van der Waals surface area (Å²) >= 11 is 0. The van der Waals surface area contributed by atoms with Crippen LogP contribution in [-0.4, -0.2) is 47.8 Å². The molecule has 0 spiro atoms. The van der Waals surface area contributed by atoms with Crippen molar-refractivity contribution in [2.75, 3.05) is 31.1 Å². The molecule has 41 heavy (non-hydrogen) atoms. The summed E-state index contributed by atoms with van der Waals surface area (Å²) < 4.78 is 20.4. The van der Waals surface area contributed by atoms with Crippen LogP contribution in [0.5, 0.6) is 5.75 Å². The molecule has 0 aliphatic carbocycles. The number of fused-ring (bicyclic) bond motifs is 1. The summed E-state index contributed by atoms with van der Waals surface area (Å²) in [5.41, 5.74) is 3.61. The number of amides is 2. The summed E-state index contributed by atoms with van der Waals surface area (Å²) in [6, 6.07) is 31.2. The van der Waals surface area contributed by atoms with E-state index < -0.39 is 0 Å². The van der Waals surface area contributed by atoms with E-state index in [0.717, 1.165) is 25.2 Å². The van der Waals surface area contributed by atoms with Gasteiger partial charge in [0.15, 0.2) is 11.5 Å². The molecular weight excluding hydrogens is 517 g/mol. The molecule has 0 saturated carbocycles. The number of hydrogen-bond acceptors (Lipinski definition) is 4. The highest BCUT2D eigenvalue weighted by atomic mass is 19.1. The molecular formula is C34H30FN3O3. The Labute approximate surface area is 238 Å². The summed E-state index contributed by atoms with van der Waals surface area (Å²) in [5, 5.41) is 0. The molecule has 0 unspecified atom stereocenters. The van der Waals surface area contributed by atoms with Gasteiger partial charge in [-0.15, -0.1) is 0 Å². The molecule has 0 atom stereocenters. The van der Waals surface area contributed by atoms with Crippen LogP contribution in [0.25, 0.3) is 6.08 Å². The standard InChI is InChI=1S/C34H30FN3O3/c35-29-11-5-4-10-28(29)24-38-30-12-6-7-13-31(30)41-32(34(38)40)22-25-14-16-27(17-15-25)33(39)37-20-18-36(19-21-37)23-26-8-2-1-3-9-26/h1-17,22H,18-21,23-24H2/b32-22-. The molecule has 206 valence electrons. The number of anilines is 1. The fourth-order valence-electron chi connectivity index (χ4n) is 5.22. The molecule has 1 fully saturated rings. The first-order valence-corrected chi connectivity index (χ1v) is 13.7. The maximum atomic E-state index is 14.4. The quantitative estimate of drug-likeness (QED) is 0.289. The van der Waals surface area contributed by atoms with Crippen LogP contribution in [0.4, 0.5) is 10.1 Å². The number of ether oxygens (including phenoxy) is 1. The Bertz CT molecular complexity index is 1580. The number of benzene rings is 4. The van der Waals surface area contributed by atoms with E-state index in [9.17, 15) is 14.0 Å². The van der Waals surface area contributed by atoms with Crippen molar-refractivity contribution in [2.45, 2.75) is 13.1 Å². The first-order valence-electron chi connectivity index (χ1n) is 13.7. The van der Waals surface area contributed by atoms with E-state index in [-0.39, 0.29) is 29.9 Å². The Balaban J connectivity index is 1.14. The summed E-state index contributed by atoms with van der Waals surface area (Å²) in [5.74, 6) is -0.0757. The second kappa shape index (κ2) is 11.8. The molecule has 2 aliphatic heterocycles. The highest BCUT2D eigenvalue weighted by molar-refractivity contribution is 6.09. The molecule has 4 aromatic rings. The van der Waals surface area contributed by atoms with Gasteiger partial charge >= 0.3 is 0 Å². The van der Waals surface area contributed by atoms with Crippen LogP contribution in [0, 0.1) is 5.82 Å². The molecule has 0 bridgehead atoms. The molecule has 0 aromatic heterocycles. The van der Waals surface area contributed by atoms with Gasteiger partial charge in [-0.25, -0.2) is 4.39 Å². The third-order valence-electron chi connectivity index (χ3n) is 7.48. The molecule has 4 aromatic carbocycles. The SMILES string of the molecule is O=C(c1ccc(/C=C2\Oc3ccccc3N(Cc3ccccc3F)C2=O)cc1)N1CCN(Cc2ccccc2)CC1. The molecule has 1 saturated heterocycles. The minimum atomic E-state index is -0.368. The van der Waals surface area contributed by atoms with Gasteiger partial charge in [-0.05, 0) is 47.5 Å².